The zero-order chi connectivity index (χ0) is 5.70. The molecule has 0 fully saturated rings. The highest BCUT2D eigenvalue weighted by Crippen LogP contribution is 1.68. The van der Waals surface area contributed by atoms with E-state index in [1.165, 1.54) is 11.7 Å². The molecular formula is C3H8N2O2. The summed E-state index contributed by atoms with van der Waals surface area (Å²) in [5, 5.41) is 16.6. The highest BCUT2D eigenvalue weighted by Gasteiger charge is 1.86. The van der Waals surface area contributed by atoms with Crippen LogP contribution >= 0.6 is 0 Å². The summed E-state index contributed by atoms with van der Waals surface area (Å²) in [6, 6.07) is 0. The smallest absolute Gasteiger partial charge is 0.0599 e. The first-order valence-electron chi connectivity index (χ1n) is 1.78. The summed E-state index contributed by atoms with van der Waals surface area (Å²) in [6.07, 6.45) is 1.43. The maximum Gasteiger partial charge on any atom is 0.0599 e. The molecule has 0 spiro atoms. The van der Waals surface area contributed by atoms with E-state index in [-0.39, 0.29) is 6.54 Å². The van der Waals surface area contributed by atoms with E-state index >= 15 is 0 Å². The van der Waals surface area contributed by atoms with Gasteiger partial charge in [-0.1, -0.05) is 11.2 Å². The van der Waals surface area contributed by atoms with E-state index in [4.69, 9.17) is 10.4 Å². The van der Waals surface area contributed by atoms with Gasteiger partial charge in [-0.2, -0.15) is 0 Å². The van der Waals surface area contributed by atoms with Crippen molar-refractivity contribution in [3.63, 3.8) is 0 Å². The van der Waals surface area contributed by atoms with Gasteiger partial charge in [0.05, 0.1) is 6.54 Å². The molecule has 0 rings (SSSR count). The third-order valence-electron chi connectivity index (χ3n) is 0.417. The van der Waals surface area contributed by atoms with E-state index in [0.29, 0.717) is 5.17 Å². The van der Waals surface area contributed by atoms with Crippen molar-refractivity contribution in [1.82, 2.24) is 10.8 Å². The molecule has 42 valence electrons. The third kappa shape index (κ3) is 3.41. The minimum absolute atomic E-state index is 0.191. The predicted octanol–water partition coefficient (Wildman–Crippen LogP) is -0.243. The first kappa shape index (κ1) is 6.58. The van der Waals surface area contributed by atoms with Crippen molar-refractivity contribution in [2.75, 3.05) is 6.54 Å². The van der Waals surface area contributed by atoms with Crippen LogP contribution in [0.4, 0.5) is 0 Å². The normalized spacial score (nSPS) is 9.57. The Morgan fingerprint density at radius 3 is 2.57 bits per heavy atom. The van der Waals surface area contributed by atoms with Gasteiger partial charge in [-0.3, -0.25) is 10.4 Å². The SMILES string of the molecule is C=CCN(O)NO. The largest absolute Gasteiger partial charge is 0.300 e. The number of rotatable bonds is 3. The number of hydroxylamine groups is 1. The quantitative estimate of drug-likeness (QED) is 0.341. The summed E-state index contributed by atoms with van der Waals surface area (Å²) in [4.78, 5) is 0. The summed E-state index contributed by atoms with van der Waals surface area (Å²) >= 11 is 0. The van der Waals surface area contributed by atoms with Crippen molar-refractivity contribution >= 4 is 0 Å². The van der Waals surface area contributed by atoms with Crippen molar-refractivity contribution in [2.24, 2.45) is 0 Å². The average Bonchev–Trinajstić information content (AvgIpc) is 1.68. The number of nitrogens with zero attached hydrogens (tertiary/aromatic N) is 1. The second kappa shape index (κ2) is 3.76. The molecule has 0 aromatic carbocycles. The number of nitrogens with one attached hydrogen (secondary N) is 1. The summed E-state index contributed by atoms with van der Waals surface area (Å²) in [5.74, 6) is 0. The standard InChI is InChI=1S/C3H8N2O2/c1-2-3-5(7)4-6/h2,4,6-7H,1,3H2. The van der Waals surface area contributed by atoms with Crippen molar-refractivity contribution in [3.8, 4) is 0 Å². The molecule has 4 heteroatoms. The maximum absolute atomic E-state index is 8.26. The van der Waals surface area contributed by atoms with Crippen LogP contribution in [-0.2, 0) is 0 Å². The van der Waals surface area contributed by atoms with Gasteiger partial charge in [-0.05, 0) is 0 Å². The van der Waals surface area contributed by atoms with E-state index in [1.54, 1.807) is 0 Å². The molecule has 7 heavy (non-hydrogen) atoms. The highest BCUT2D eigenvalue weighted by molar-refractivity contribution is 4.65. The topological polar surface area (TPSA) is 55.7 Å². The summed E-state index contributed by atoms with van der Waals surface area (Å²) in [5.41, 5.74) is 1.48. The first-order valence-corrected chi connectivity index (χ1v) is 1.78. The predicted molar refractivity (Wildman–Crippen MR) is 23.6 cm³/mol. The maximum atomic E-state index is 8.26. The summed E-state index contributed by atoms with van der Waals surface area (Å²) in [7, 11) is 0. The minimum atomic E-state index is 0.191. The fourth-order valence-electron chi connectivity index (χ4n) is 0.163. The zero-order valence-electron chi connectivity index (χ0n) is 3.83. The fraction of sp³-hybridized carbons (Fsp3) is 0.333. The van der Waals surface area contributed by atoms with Crippen molar-refractivity contribution in [1.29, 1.82) is 0 Å². The monoisotopic (exact) mass is 104 g/mol. The van der Waals surface area contributed by atoms with Crippen LogP contribution in [0.3, 0.4) is 0 Å². The van der Waals surface area contributed by atoms with Crippen LogP contribution in [0.15, 0.2) is 12.7 Å². The molecule has 0 aromatic heterocycles. The van der Waals surface area contributed by atoms with E-state index in [9.17, 15) is 0 Å². The van der Waals surface area contributed by atoms with Crippen molar-refractivity contribution in [3.05, 3.63) is 12.7 Å². The number of hydrogen-bond acceptors (Lipinski definition) is 4. The Hall–Kier alpha value is -0.420. The molecule has 0 unspecified atom stereocenters. The molecule has 3 N–H and O–H groups in total. The Morgan fingerprint density at radius 1 is 1.86 bits per heavy atom. The molecule has 0 aromatic rings. The summed E-state index contributed by atoms with van der Waals surface area (Å²) < 4.78 is 0. The van der Waals surface area contributed by atoms with Gasteiger partial charge in [-0.25, -0.2) is 0 Å². The second-order valence-electron chi connectivity index (χ2n) is 0.971. The third-order valence-corrected chi connectivity index (χ3v) is 0.417. The molecule has 0 saturated heterocycles. The van der Waals surface area contributed by atoms with Gasteiger partial charge in [0.2, 0.25) is 0 Å². The highest BCUT2D eigenvalue weighted by atomic mass is 16.7. The fourth-order valence-corrected chi connectivity index (χ4v) is 0.163. The van der Waals surface area contributed by atoms with Gasteiger partial charge >= 0.3 is 0 Å². The van der Waals surface area contributed by atoms with E-state index in [2.05, 4.69) is 6.58 Å². The molecular weight excluding hydrogens is 96.0 g/mol. The number of hydrogen-bond donors (Lipinski definition) is 3. The van der Waals surface area contributed by atoms with Crippen LogP contribution in [0.5, 0.6) is 0 Å². The van der Waals surface area contributed by atoms with E-state index < -0.39 is 0 Å². The van der Waals surface area contributed by atoms with Crippen LogP contribution in [0, 0.1) is 0 Å². The lowest BCUT2D eigenvalue weighted by atomic mass is 10.7. The molecule has 0 aliphatic heterocycles. The van der Waals surface area contributed by atoms with Gasteiger partial charge in [-0.15, -0.1) is 12.2 Å². The molecule has 0 atom stereocenters. The Morgan fingerprint density at radius 2 is 2.43 bits per heavy atom. The van der Waals surface area contributed by atoms with Crippen LogP contribution < -0.4 is 5.59 Å². The van der Waals surface area contributed by atoms with Crippen LogP contribution in [0.2, 0.25) is 0 Å². The number of hydrazine groups is 1. The Balaban J connectivity index is 2.98. The van der Waals surface area contributed by atoms with Gasteiger partial charge in [0, 0.05) is 0 Å². The van der Waals surface area contributed by atoms with Gasteiger partial charge in [0.15, 0.2) is 0 Å². The lowest BCUT2D eigenvalue weighted by Gasteiger charge is -2.05. The van der Waals surface area contributed by atoms with E-state index in [1.807, 2.05) is 0 Å². The van der Waals surface area contributed by atoms with Gasteiger partial charge in [0.1, 0.15) is 0 Å². The second-order valence-corrected chi connectivity index (χ2v) is 0.971. The Kier molecular flexibility index (Phi) is 3.53. The lowest BCUT2D eigenvalue weighted by Crippen LogP contribution is -2.31. The van der Waals surface area contributed by atoms with Crippen LogP contribution in [0.1, 0.15) is 0 Å². The molecule has 0 radical (unpaired) electrons. The minimum Gasteiger partial charge on any atom is -0.300 e. The molecule has 0 aliphatic carbocycles. The molecule has 0 saturated carbocycles. The van der Waals surface area contributed by atoms with Crippen LogP contribution in [0.25, 0.3) is 0 Å². The molecule has 0 aliphatic rings. The molecule has 0 amide bonds. The van der Waals surface area contributed by atoms with Crippen LogP contribution in [-0.4, -0.2) is 22.1 Å². The van der Waals surface area contributed by atoms with Gasteiger partial charge < -0.3 is 0 Å². The summed E-state index contributed by atoms with van der Waals surface area (Å²) in [6.45, 7) is 3.49. The molecule has 0 heterocycles. The average molecular weight is 104 g/mol. The van der Waals surface area contributed by atoms with Crippen molar-refractivity contribution in [2.45, 2.75) is 0 Å². The van der Waals surface area contributed by atoms with Gasteiger partial charge in [0.25, 0.3) is 0 Å². The van der Waals surface area contributed by atoms with Crippen molar-refractivity contribution < 1.29 is 10.4 Å². The Bertz CT molecular complexity index is 56.9. The molecule has 0 bridgehead atoms. The Labute approximate surface area is 41.6 Å². The van der Waals surface area contributed by atoms with E-state index in [0.717, 1.165) is 0 Å². The zero-order valence-corrected chi connectivity index (χ0v) is 3.83. The lowest BCUT2D eigenvalue weighted by molar-refractivity contribution is -0.208. The first-order chi connectivity index (χ1) is 3.31. The molecule has 4 nitrogen and oxygen atoms in total.